The molecule has 1 heterocycles. The summed E-state index contributed by atoms with van der Waals surface area (Å²) in [5.41, 5.74) is 7.56. The van der Waals surface area contributed by atoms with Gasteiger partial charge in [-0.1, -0.05) is 6.08 Å². The second-order valence-corrected chi connectivity index (χ2v) is 4.08. The lowest BCUT2D eigenvalue weighted by atomic mass is 10.2. The van der Waals surface area contributed by atoms with Crippen LogP contribution in [0.15, 0.2) is 24.9 Å². The monoisotopic (exact) mass is 203 g/mol. The minimum atomic E-state index is 0.651. The Morgan fingerprint density at radius 3 is 2.93 bits per heavy atom. The summed E-state index contributed by atoms with van der Waals surface area (Å²) in [5.74, 6) is 1.05. The van der Waals surface area contributed by atoms with Crippen LogP contribution in [0.1, 0.15) is 18.4 Å². The molecule has 0 radical (unpaired) electrons. The third-order valence-electron chi connectivity index (χ3n) is 2.66. The van der Waals surface area contributed by atoms with Crippen LogP contribution in [-0.2, 0) is 0 Å². The van der Waals surface area contributed by atoms with E-state index in [1.165, 1.54) is 12.8 Å². The standard InChI is InChI=1S/C12H17N3/c1-3-6-15(11-4-5-11)12-9(2)7-10(13)8-14-12/h3,7-8,11H,1,4-6,13H2,2H3. The maximum Gasteiger partial charge on any atom is 0.132 e. The van der Waals surface area contributed by atoms with Gasteiger partial charge in [0.25, 0.3) is 0 Å². The molecule has 2 N–H and O–H groups in total. The number of aromatic nitrogens is 1. The molecule has 1 aliphatic carbocycles. The molecule has 1 aromatic rings. The van der Waals surface area contributed by atoms with E-state index in [4.69, 9.17) is 5.73 Å². The Morgan fingerprint density at radius 2 is 2.40 bits per heavy atom. The van der Waals surface area contributed by atoms with Crippen molar-refractivity contribution in [2.45, 2.75) is 25.8 Å². The first-order chi connectivity index (χ1) is 7.22. The first-order valence-electron chi connectivity index (χ1n) is 5.32. The highest BCUT2D eigenvalue weighted by Gasteiger charge is 2.29. The first-order valence-corrected chi connectivity index (χ1v) is 5.32. The molecule has 0 atom stereocenters. The van der Waals surface area contributed by atoms with Gasteiger partial charge in [-0.15, -0.1) is 6.58 Å². The zero-order chi connectivity index (χ0) is 10.8. The summed E-state index contributed by atoms with van der Waals surface area (Å²) >= 11 is 0. The zero-order valence-corrected chi connectivity index (χ0v) is 9.11. The summed E-state index contributed by atoms with van der Waals surface area (Å²) in [6.45, 7) is 6.71. The fraction of sp³-hybridized carbons (Fsp3) is 0.417. The molecular weight excluding hydrogens is 186 g/mol. The van der Waals surface area contributed by atoms with Crippen molar-refractivity contribution in [1.82, 2.24) is 4.98 Å². The molecule has 0 unspecified atom stereocenters. The van der Waals surface area contributed by atoms with E-state index in [1.54, 1.807) is 6.20 Å². The Morgan fingerprint density at radius 1 is 1.67 bits per heavy atom. The molecule has 0 aliphatic heterocycles. The molecule has 0 amide bonds. The van der Waals surface area contributed by atoms with Crippen molar-refractivity contribution in [3.8, 4) is 0 Å². The van der Waals surface area contributed by atoms with Gasteiger partial charge in [-0.25, -0.2) is 4.98 Å². The second-order valence-electron chi connectivity index (χ2n) is 4.08. The average molecular weight is 203 g/mol. The molecule has 1 aliphatic rings. The number of rotatable bonds is 4. The van der Waals surface area contributed by atoms with Gasteiger partial charge < -0.3 is 10.6 Å². The number of hydrogen-bond acceptors (Lipinski definition) is 3. The quantitative estimate of drug-likeness (QED) is 0.762. The molecule has 3 heteroatoms. The van der Waals surface area contributed by atoms with Gasteiger partial charge >= 0.3 is 0 Å². The van der Waals surface area contributed by atoms with Crippen molar-refractivity contribution in [2.75, 3.05) is 17.2 Å². The van der Waals surface area contributed by atoms with Gasteiger partial charge in [0.15, 0.2) is 0 Å². The van der Waals surface area contributed by atoms with E-state index < -0.39 is 0 Å². The van der Waals surface area contributed by atoms with Crippen LogP contribution in [0, 0.1) is 6.92 Å². The van der Waals surface area contributed by atoms with Gasteiger partial charge in [0.1, 0.15) is 5.82 Å². The highest BCUT2D eigenvalue weighted by Crippen LogP contribution is 2.32. The topological polar surface area (TPSA) is 42.2 Å². The smallest absolute Gasteiger partial charge is 0.132 e. The van der Waals surface area contributed by atoms with Crippen LogP contribution < -0.4 is 10.6 Å². The minimum absolute atomic E-state index is 0.651. The molecule has 2 rings (SSSR count). The average Bonchev–Trinajstić information content (AvgIpc) is 2.98. The highest BCUT2D eigenvalue weighted by molar-refractivity contribution is 5.54. The summed E-state index contributed by atoms with van der Waals surface area (Å²) in [6.07, 6.45) is 6.18. The predicted molar refractivity (Wildman–Crippen MR) is 64.0 cm³/mol. The van der Waals surface area contributed by atoms with E-state index >= 15 is 0 Å². The second kappa shape index (κ2) is 3.93. The normalized spacial score (nSPS) is 15.0. The van der Waals surface area contributed by atoms with Crippen LogP contribution in [0.3, 0.4) is 0 Å². The Kier molecular flexibility index (Phi) is 2.62. The maximum absolute atomic E-state index is 5.69. The Bertz CT molecular complexity index is 369. The molecule has 0 saturated heterocycles. The van der Waals surface area contributed by atoms with Gasteiger partial charge in [0.05, 0.1) is 11.9 Å². The van der Waals surface area contributed by atoms with Crippen molar-refractivity contribution >= 4 is 11.5 Å². The van der Waals surface area contributed by atoms with Crippen molar-refractivity contribution in [1.29, 1.82) is 0 Å². The van der Waals surface area contributed by atoms with Crippen molar-refractivity contribution in [3.63, 3.8) is 0 Å². The lowest BCUT2D eigenvalue weighted by Gasteiger charge is -2.23. The highest BCUT2D eigenvalue weighted by atomic mass is 15.2. The number of aryl methyl sites for hydroxylation is 1. The van der Waals surface area contributed by atoms with E-state index in [1.807, 2.05) is 12.1 Å². The summed E-state index contributed by atoms with van der Waals surface area (Å²) in [4.78, 5) is 6.72. The van der Waals surface area contributed by atoms with Gasteiger partial charge in [-0.2, -0.15) is 0 Å². The Hall–Kier alpha value is -1.51. The molecule has 1 aromatic heterocycles. The molecule has 15 heavy (non-hydrogen) atoms. The summed E-state index contributed by atoms with van der Waals surface area (Å²) < 4.78 is 0. The first kappa shape index (κ1) is 10.0. The summed E-state index contributed by atoms with van der Waals surface area (Å²) in [5, 5.41) is 0. The largest absolute Gasteiger partial charge is 0.397 e. The molecule has 80 valence electrons. The van der Waals surface area contributed by atoms with Crippen LogP contribution >= 0.6 is 0 Å². The molecule has 0 spiro atoms. The fourth-order valence-electron chi connectivity index (χ4n) is 1.82. The molecule has 0 aromatic carbocycles. The Balaban J connectivity index is 2.28. The predicted octanol–water partition coefficient (Wildman–Crippen LogP) is 2.13. The van der Waals surface area contributed by atoms with Crippen molar-refractivity contribution in [3.05, 3.63) is 30.5 Å². The van der Waals surface area contributed by atoms with Crippen LogP contribution in [0.2, 0.25) is 0 Å². The number of nitrogens with zero attached hydrogens (tertiary/aromatic N) is 2. The van der Waals surface area contributed by atoms with E-state index in [0.29, 0.717) is 6.04 Å². The van der Waals surface area contributed by atoms with Gasteiger partial charge in [0, 0.05) is 12.6 Å². The Labute approximate surface area is 90.6 Å². The number of nitrogen functional groups attached to an aromatic ring is 1. The summed E-state index contributed by atoms with van der Waals surface area (Å²) in [6, 6.07) is 2.62. The van der Waals surface area contributed by atoms with Crippen LogP contribution in [-0.4, -0.2) is 17.6 Å². The van der Waals surface area contributed by atoms with E-state index in [9.17, 15) is 0 Å². The maximum atomic E-state index is 5.69. The molecule has 3 nitrogen and oxygen atoms in total. The van der Waals surface area contributed by atoms with Gasteiger partial charge in [-0.05, 0) is 31.4 Å². The lowest BCUT2D eigenvalue weighted by molar-refractivity contribution is 0.836. The van der Waals surface area contributed by atoms with Gasteiger partial charge in [0.2, 0.25) is 0 Å². The van der Waals surface area contributed by atoms with E-state index in [-0.39, 0.29) is 0 Å². The molecule has 0 bridgehead atoms. The minimum Gasteiger partial charge on any atom is -0.397 e. The number of pyridine rings is 1. The van der Waals surface area contributed by atoms with Crippen LogP contribution in [0.4, 0.5) is 11.5 Å². The zero-order valence-electron chi connectivity index (χ0n) is 9.11. The van der Waals surface area contributed by atoms with Crippen molar-refractivity contribution in [2.24, 2.45) is 0 Å². The third-order valence-corrected chi connectivity index (χ3v) is 2.66. The fourth-order valence-corrected chi connectivity index (χ4v) is 1.82. The number of nitrogens with two attached hydrogens (primary N) is 1. The van der Waals surface area contributed by atoms with E-state index in [2.05, 4.69) is 23.4 Å². The number of anilines is 2. The third kappa shape index (κ3) is 2.12. The van der Waals surface area contributed by atoms with Crippen LogP contribution in [0.5, 0.6) is 0 Å². The van der Waals surface area contributed by atoms with Crippen LogP contribution in [0.25, 0.3) is 0 Å². The molecule has 1 fully saturated rings. The summed E-state index contributed by atoms with van der Waals surface area (Å²) in [7, 11) is 0. The number of hydrogen-bond donors (Lipinski definition) is 1. The molecule has 1 saturated carbocycles. The SMILES string of the molecule is C=CCN(c1ncc(N)cc1C)C1CC1. The van der Waals surface area contributed by atoms with Gasteiger partial charge in [-0.3, -0.25) is 0 Å². The van der Waals surface area contributed by atoms with E-state index in [0.717, 1.165) is 23.6 Å². The molecular formula is C12H17N3. The van der Waals surface area contributed by atoms with Crippen molar-refractivity contribution < 1.29 is 0 Å². The lowest BCUT2D eigenvalue weighted by Crippen LogP contribution is -2.27.